The number of non-ortho nitro benzene ring substituents is 1. The molecule has 7 heteroatoms. The van der Waals surface area contributed by atoms with Crippen molar-refractivity contribution in [2.45, 2.75) is 10.3 Å². The minimum atomic E-state index is -1.21. The summed E-state index contributed by atoms with van der Waals surface area (Å²) in [5.41, 5.74) is 5.81. The number of alkyl halides is 2. The predicted octanol–water partition coefficient (Wildman–Crippen LogP) is 1.97. The molecule has 90 valence electrons. The molecule has 0 heterocycles. The van der Waals surface area contributed by atoms with Crippen LogP contribution in [0.2, 0.25) is 0 Å². The molecule has 1 aliphatic rings. The summed E-state index contributed by atoms with van der Waals surface area (Å²) in [5.74, 6) is -1.62. The second kappa shape index (κ2) is 3.85. The van der Waals surface area contributed by atoms with E-state index in [0.717, 1.165) is 0 Å². The van der Waals surface area contributed by atoms with E-state index < -0.39 is 27.0 Å². The van der Waals surface area contributed by atoms with E-state index in [1.807, 2.05) is 0 Å². The van der Waals surface area contributed by atoms with Crippen LogP contribution in [-0.2, 0) is 4.79 Å². The van der Waals surface area contributed by atoms with Crippen molar-refractivity contribution in [3.05, 3.63) is 39.9 Å². The number of hydrogen-bond acceptors (Lipinski definition) is 3. The topological polar surface area (TPSA) is 86.2 Å². The van der Waals surface area contributed by atoms with Crippen LogP contribution >= 0.6 is 23.2 Å². The molecule has 0 saturated heterocycles. The molecule has 5 nitrogen and oxygen atoms in total. The Hall–Kier alpha value is -1.33. The first kappa shape index (κ1) is 12.1. The van der Waals surface area contributed by atoms with Gasteiger partial charge in [-0.05, 0) is 5.56 Å². The number of amides is 1. The lowest BCUT2D eigenvalue weighted by Gasteiger charge is -1.99. The number of rotatable bonds is 3. The summed E-state index contributed by atoms with van der Waals surface area (Å²) >= 11 is 11.9. The maximum atomic E-state index is 11.1. The minimum absolute atomic E-state index is 0.0280. The first-order valence-corrected chi connectivity index (χ1v) is 5.52. The van der Waals surface area contributed by atoms with Gasteiger partial charge in [0.2, 0.25) is 5.91 Å². The highest BCUT2D eigenvalue weighted by Gasteiger charge is 2.67. The van der Waals surface area contributed by atoms with Crippen molar-refractivity contribution in [2.24, 2.45) is 11.7 Å². The lowest BCUT2D eigenvalue weighted by molar-refractivity contribution is -0.384. The summed E-state index contributed by atoms with van der Waals surface area (Å²) in [6.45, 7) is 0. The van der Waals surface area contributed by atoms with Gasteiger partial charge in [-0.3, -0.25) is 14.9 Å². The molecule has 0 spiro atoms. The molecule has 1 aromatic rings. The third kappa shape index (κ3) is 1.96. The molecule has 0 radical (unpaired) electrons. The van der Waals surface area contributed by atoms with Gasteiger partial charge < -0.3 is 5.73 Å². The van der Waals surface area contributed by atoms with Gasteiger partial charge in [0.25, 0.3) is 5.69 Å². The number of carbonyl (C=O) groups excluding carboxylic acids is 1. The minimum Gasteiger partial charge on any atom is -0.369 e. The Labute approximate surface area is 107 Å². The Morgan fingerprint density at radius 1 is 1.35 bits per heavy atom. The number of nitrogens with two attached hydrogens (primary N) is 1. The third-order valence-corrected chi connectivity index (χ3v) is 3.76. The van der Waals surface area contributed by atoms with Gasteiger partial charge in [0.05, 0.1) is 10.8 Å². The monoisotopic (exact) mass is 274 g/mol. The number of nitro benzene ring substituents is 1. The molecule has 1 aliphatic carbocycles. The maximum absolute atomic E-state index is 11.1. The zero-order valence-electron chi connectivity index (χ0n) is 8.47. The highest BCUT2D eigenvalue weighted by Crippen LogP contribution is 2.64. The number of carbonyl (C=O) groups is 1. The second-order valence-electron chi connectivity index (χ2n) is 3.88. The van der Waals surface area contributed by atoms with E-state index in [9.17, 15) is 14.9 Å². The molecule has 1 aromatic carbocycles. The van der Waals surface area contributed by atoms with E-state index in [1.165, 1.54) is 24.3 Å². The summed E-state index contributed by atoms with van der Waals surface area (Å²) in [7, 11) is 0. The molecule has 0 aromatic heterocycles. The van der Waals surface area contributed by atoms with Gasteiger partial charge >= 0.3 is 0 Å². The van der Waals surface area contributed by atoms with Crippen LogP contribution in [0.5, 0.6) is 0 Å². The fraction of sp³-hybridized carbons (Fsp3) is 0.300. The van der Waals surface area contributed by atoms with Crippen molar-refractivity contribution >= 4 is 34.8 Å². The maximum Gasteiger partial charge on any atom is 0.269 e. The fourth-order valence-corrected chi connectivity index (χ4v) is 2.74. The van der Waals surface area contributed by atoms with Crippen molar-refractivity contribution in [3.63, 3.8) is 0 Å². The Bertz CT molecular complexity index is 487. The smallest absolute Gasteiger partial charge is 0.269 e. The largest absolute Gasteiger partial charge is 0.369 e. The molecular formula is C10H8Cl2N2O3. The Balaban J connectivity index is 2.26. The van der Waals surface area contributed by atoms with Gasteiger partial charge in [-0.15, -0.1) is 23.2 Å². The molecule has 2 atom stereocenters. The van der Waals surface area contributed by atoms with E-state index in [-0.39, 0.29) is 5.69 Å². The normalized spacial score (nSPS) is 25.3. The molecule has 1 saturated carbocycles. The first-order chi connectivity index (χ1) is 7.85. The van der Waals surface area contributed by atoms with Crippen LogP contribution < -0.4 is 5.73 Å². The van der Waals surface area contributed by atoms with Gasteiger partial charge in [-0.1, -0.05) is 12.1 Å². The van der Waals surface area contributed by atoms with Crippen molar-refractivity contribution < 1.29 is 9.72 Å². The Kier molecular flexibility index (Phi) is 2.75. The number of halogens is 2. The lowest BCUT2D eigenvalue weighted by atomic mass is 10.1. The highest BCUT2D eigenvalue weighted by atomic mass is 35.5. The molecule has 1 fully saturated rings. The van der Waals surface area contributed by atoms with Gasteiger partial charge in [0, 0.05) is 18.1 Å². The summed E-state index contributed by atoms with van der Waals surface area (Å²) in [5, 5.41) is 10.5. The van der Waals surface area contributed by atoms with Crippen molar-refractivity contribution in [1.29, 1.82) is 0 Å². The Morgan fingerprint density at radius 3 is 2.24 bits per heavy atom. The molecular weight excluding hydrogens is 267 g/mol. The summed E-state index contributed by atoms with van der Waals surface area (Å²) in [6, 6.07) is 5.75. The van der Waals surface area contributed by atoms with Crippen LogP contribution in [0.25, 0.3) is 0 Å². The first-order valence-electron chi connectivity index (χ1n) is 4.77. The SMILES string of the molecule is NC(=O)C1C(c2ccc([N+](=O)[O-])cc2)C1(Cl)Cl. The van der Waals surface area contributed by atoms with E-state index in [4.69, 9.17) is 28.9 Å². The lowest BCUT2D eigenvalue weighted by Crippen LogP contribution is -2.16. The highest BCUT2D eigenvalue weighted by molar-refractivity contribution is 6.53. The van der Waals surface area contributed by atoms with Gasteiger partial charge in [-0.2, -0.15) is 0 Å². The van der Waals surface area contributed by atoms with Crippen molar-refractivity contribution in [2.75, 3.05) is 0 Å². The summed E-state index contributed by atoms with van der Waals surface area (Å²) in [4.78, 5) is 21.1. The van der Waals surface area contributed by atoms with Crippen LogP contribution in [0.3, 0.4) is 0 Å². The number of hydrogen-bond donors (Lipinski definition) is 1. The molecule has 2 N–H and O–H groups in total. The van der Waals surface area contributed by atoms with E-state index >= 15 is 0 Å². The molecule has 1 amide bonds. The van der Waals surface area contributed by atoms with E-state index in [1.54, 1.807) is 0 Å². The van der Waals surface area contributed by atoms with E-state index in [0.29, 0.717) is 5.56 Å². The summed E-state index contributed by atoms with van der Waals surface area (Å²) in [6.07, 6.45) is 0. The number of primary amides is 1. The van der Waals surface area contributed by atoms with Gasteiger partial charge in [0.1, 0.15) is 4.33 Å². The molecule has 0 bridgehead atoms. The average molecular weight is 275 g/mol. The number of nitrogens with zero attached hydrogens (tertiary/aromatic N) is 1. The Morgan fingerprint density at radius 2 is 1.88 bits per heavy atom. The fourth-order valence-electron chi connectivity index (χ4n) is 1.90. The van der Waals surface area contributed by atoms with Crippen LogP contribution in [0.4, 0.5) is 5.69 Å². The van der Waals surface area contributed by atoms with Crippen LogP contribution in [0, 0.1) is 16.0 Å². The van der Waals surface area contributed by atoms with Crippen molar-refractivity contribution in [1.82, 2.24) is 0 Å². The molecule has 0 aliphatic heterocycles. The van der Waals surface area contributed by atoms with Gasteiger partial charge in [0.15, 0.2) is 0 Å². The molecule has 2 unspecified atom stereocenters. The summed E-state index contributed by atoms with van der Waals surface area (Å²) < 4.78 is -1.21. The zero-order valence-corrected chi connectivity index (χ0v) is 9.98. The predicted molar refractivity (Wildman–Crippen MR) is 63.0 cm³/mol. The molecule has 2 rings (SSSR count). The quantitative estimate of drug-likeness (QED) is 0.519. The van der Waals surface area contributed by atoms with E-state index in [2.05, 4.69) is 0 Å². The average Bonchev–Trinajstić information content (AvgIpc) is 2.82. The standard InChI is InChI=1S/C10H8Cl2N2O3/c11-10(12)7(8(10)9(13)15)5-1-3-6(4-2-5)14(16)17/h1-4,7-8H,(H2,13,15). The van der Waals surface area contributed by atoms with Crippen LogP contribution in [0.1, 0.15) is 11.5 Å². The van der Waals surface area contributed by atoms with Crippen LogP contribution in [-0.4, -0.2) is 15.2 Å². The zero-order chi connectivity index (χ0) is 12.8. The van der Waals surface area contributed by atoms with Crippen molar-refractivity contribution in [3.8, 4) is 0 Å². The van der Waals surface area contributed by atoms with Crippen LogP contribution in [0.15, 0.2) is 24.3 Å². The van der Waals surface area contributed by atoms with Gasteiger partial charge in [-0.25, -0.2) is 0 Å². The molecule has 17 heavy (non-hydrogen) atoms. The second-order valence-corrected chi connectivity index (χ2v) is 5.33. The number of nitro groups is 1. The number of benzene rings is 1. The third-order valence-electron chi connectivity index (χ3n) is 2.82.